The van der Waals surface area contributed by atoms with E-state index in [1.807, 2.05) is 42.5 Å². The average Bonchev–Trinajstić information content (AvgIpc) is 2.42. The smallest absolute Gasteiger partial charge is 0.142 e. The summed E-state index contributed by atoms with van der Waals surface area (Å²) in [5, 5.41) is 0. The first-order valence-corrected chi connectivity index (χ1v) is 6.91. The quantitative estimate of drug-likeness (QED) is 0.778. The van der Waals surface area contributed by atoms with Gasteiger partial charge in [-0.25, -0.2) is 4.79 Å². The summed E-state index contributed by atoms with van der Waals surface area (Å²) in [4.78, 5) is 12.9. The molecule has 0 aromatic heterocycles. The molecule has 1 aliphatic heterocycles. The van der Waals surface area contributed by atoms with Crippen molar-refractivity contribution in [2.24, 2.45) is 0 Å². The van der Waals surface area contributed by atoms with E-state index >= 15 is 0 Å². The summed E-state index contributed by atoms with van der Waals surface area (Å²) in [6.45, 7) is 0. The van der Waals surface area contributed by atoms with E-state index in [4.69, 9.17) is 0 Å². The first-order chi connectivity index (χ1) is 8.81. The number of hydrogen-bond acceptors (Lipinski definition) is 3. The van der Waals surface area contributed by atoms with E-state index in [2.05, 4.69) is 0 Å². The molecule has 4 heteroatoms. The second-order valence-corrected chi connectivity index (χ2v) is 5.22. The van der Waals surface area contributed by atoms with E-state index in [1.165, 1.54) is 6.20 Å². The summed E-state index contributed by atoms with van der Waals surface area (Å²) in [5.74, 6) is 2.14. The molecule has 1 aliphatic rings. The molecule has 1 atom stereocenters. The molecule has 0 spiro atoms. The Labute approximate surface area is 109 Å². The van der Waals surface area contributed by atoms with Crippen molar-refractivity contribution in [2.45, 2.75) is 11.3 Å². The topological polar surface area (TPSA) is 37.4 Å². The summed E-state index contributed by atoms with van der Waals surface area (Å²) in [6, 6.07) is 9.31. The van der Waals surface area contributed by atoms with Gasteiger partial charge in [-0.15, -0.1) is 0 Å². The van der Waals surface area contributed by atoms with Crippen LogP contribution in [0.5, 0.6) is 0 Å². The monoisotopic (exact) mass is 259 g/mol. The van der Waals surface area contributed by atoms with Gasteiger partial charge >= 0.3 is 0 Å². The molecule has 0 N–H and O–H groups in total. The molecule has 1 unspecified atom stereocenters. The minimum absolute atomic E-state index is 0.395. The van der Waals surface area contributed by atoms with E-state index in [0.717, 1.165) is 17.0 Å². The maximum atomic E-state index is 12.2. The fourth-order valence-electron chi connectivity index (χ4n) is 1.69. The van der Waals surface area contributed by atoms with Gasteiger partial charge in [0.1, 0.15) is 5.94 Å². The molecule has 1 aromatic rings. The zero-order chi connectivity index (χ0) is 12.8. The molecule has 0 amide bonds. The predicted octanol–water partition coefficient (Wildman–Crippen LogP) is 2.24. The maximum absolute atomic E-state index is 12.2. The van der Waals surface area contributed by atoms with Gasteiger partial charge in [-0.2, -0.15) is 0 Å². The van der Waals surface area contributed by atoms with Crippen LogP contribution in [0, 0.1) is 0 Å². The summed E-state index contributed by atoms with van der Waals surface area (Å²) >= 11 is 0. The largest absolute Gasteiger partial charge is 0.317 e. The predicted molar refractivity (Wildman–Crippen MR) is 71.7 cm³/mol. The van der Waals surface area contributed by atoms with Crippen LogP contribution in [0.2, 0.25) is 0 Å². The van der Waals surface area contributed by atoms with E-state index in [-0.39, 0.29) is 0 Å². The van der Waals surface area contributed by atoms with Crippen molar-refractivity contribution in [3.05, 3.63) is 60.6 Å². The third kappa shape index (κ3) is 3.06. The van der Waals surface area contributed by atoms with Crippen LogP contribution >= 0.6 is 0 Å². The highest BCUT2D eigenvalue weighted by molar-refractivity contribution is 7.85. The lowest BCUT2D eigenvalue weighted by molar-refractivity contribution is 0.555. The standard InChI is InChI=1S/C14H13NO2S/c16-11-10-15-9-5-4-6-13(15)12-18(17)14-7-2-1-3-8-14/h1-3,5-10H,4,12H2. The molecule has 0 radical (unpaired) electrons. The molecule has 2 rings (SSSR count). The summed E-state index contributed by atoms with van der Waals surface area (Å²) in [6.07, 6.45) is 7.80. The van der Waals surface area contributed by atoms with Crippen LogP contribution in [-0.4, -0.2) is 20.8 Å². The minimum atomic E-state index is -1.10. The normalized spacial score (nSPS) is 15.8. The van der Waals surface area contributed by atoms with Crippen molar-refractivity contribution < 1.29 is 9.00 Å². The van der Waals surface area contributed by atoms with Gasteiger partial charge in [0, 0.05) is 16.8 Å². The highest BCUT2D eigenvalue weighted by Gasteiger charge is 2.12. The molecule has 0 saturated carbocycles. The van der Waals surface area contributed by atoms with Crippen molar-refractivity contribution in [3.8, 4) is 0 Å². The molecular weight excluding hydrogens is 246 g/mol. The Kier molecular flexibility index (Phi) is 4.29. The zero-order valence-electron chi connectivity index (χ0n) is 9.78. The van der Waals surface area contributed by atoms with Crippen LogP contribution in [-0.2, 0) is 15.6 Å². The van der Waals surface area contributed by atoms with Gasteiger partial charge in [0.15, 0.2) is 0 Å². The van der Waals surface area contributed by atoms with Gasteiger partial charge in [-0.1, -0.05) is 30.4 Å². The van der Waals surface area contributed by atoms with Crippen molar-refractivity contribution >= 4 is 16.7 Å². The molecule has 1 aromatic carbocycles. The fourth-order valence-corrected chi connectivity index (χ4v) is 2.85. The summed E-state index contributed by atoms with van der Waals surface area (Å²) < 4.78 is 12.2. The van der Waals surface area contributed by atoms with Crippen LogP contribution in [0.15, 0.2) is 65.5 Å². The summed E-state index contributed by atoms with van der Waals surface area (Å²) in [7, 11) is -1.10. The highest BCUT2D eigenvalue weighted by atomic mass is 32.2. The van der Waals surface area contributed by atoms with Crippen molar-refractivity contribution in [3.63, 3.8) is 0 Å². The fraction of sp³-hybridized carbons (Fsp3) is 0.143. The van der Waals surface area contributed by atoms with E-state index in [0.29, 0.717) is 5.75 Å². The van der Waals surface area contributed by atoms with Crippen LogP contribution in [0.4, 0.5) is 0 Å². The number of rotatable bonds is 4. The van der Waals surface area contributed by atoms with E-state index in [9.17, 15) is 9.00 Å². The number of allylic oxidation sites excluding steroid dienone is 2. The maximum Gasteiger partial charge on any atom is 0.142 e. The molecule has 0 aliphatic carbocycles. The zero-order valence-corrected chi connectivity index (χ0v) is 10.6. The third-order valence-electron chi connectivity index (χ3n) is 2.56. The van der Waals surface area contributed by atoms with Gasteiger partial charge < -0.3 is 4.90 Å². The Morgan fingerprint density at radius 2 is 2.11 bits per heavy atom. The average molecular weight is 259 g/mol. The third-order valence-corrected chi connectivity index (χ3v) is 3.92. The second-order valence-electron chi connectivity index (χ2n) is 3.77. The number of carbonyl (C=O) groups excluding carboxylic acids is 1. The van der Waals surface area contributed by atoms with Gasteiger partial charge in [-0.05, 0) is 18.6 Å². The van der Waals surface area contributed by atoms with Gasteiger partial charge in [0.2, 0.25) is 0 Å². The lowest BCUT2D eigenvalue weighted by Crippen LogP contribution is -2.17. The van der Waals surface area contributed by atoms with E-state index in [1.54, 1.807) is 17.0 Å². The molecule has 0 bridgehead atoms. The molecule has 0 saturated heterocycles. The summed E-state index contributed by atoms with van der Waals surface area (Å²) in [5.41, 5.74) is 0.864. The number of benzene rings is 1. The van der Waals surface area contributed by atoms with Crippen LogP contribution in [0.1, 0.15) is 6.42 Å². The van der Waals surface area contributed by atoms with Crippen molar-refractivity contribution in [1.29, 1.82) is 0 Å². The van der Waals surface area contributed by atoms with E-state index < -0.39 is 10.8 Å². The lowest BCUT2D eigenvalue weighted by atomic mass is 10.2. The van der Waals surface area contributed by atoms with Gasteiger partial charge in [0.25, 0.3) is 0 Å². The minimum Gasteiger partial charge on any atom is -0.317 e. The van der Waals surface area contributed by atoms with Crippen LogP contribution in [0.3, 0.4) is 0 Å². The first-order valence-electron chi connectivity index (χ1n) is 5.60. The number of hydrogen-bond donors (Lipinski definition) is 0. The van der Waals surface area contributed by atoms with Crippen LogP contribution in [0.25, 0.3) is 0 Å². The molecule has 1 heterocycles. The Balaban J connectivity index is 2.11. The number of nitrogens with zero attached hydrogens (tertiary/aromatic N) is 1. The Bertz CT molecular complexity index is 542. The second kappa shape index (κ2) is 6.15. The molecular formula is C14H13NO2S. The SMILES string of the molecule is O=C=CN1C=CCC=C1CS(=O)c1ccccc1. The molecule has 0 fully saturated rings. The molecule has 92 valence electrons. The van der Waals surface area contributed by atoms with Crippen molar-refractivity contribution in [2.75, 3.05) is 5.75 Å². The van der Waals surface area contributed by atoms with Gasteiger partial charge in [-0.3, -0.25) is 4.21 Å². The molecule has 3 nitrogen and oxygen atoms in total. The van der Waals surface area contributed by atoms with Crippen molar-refractivity contribution in [1.82, 2.24) is 4.90 Å². The lowest BCUT2D eigenvalue weighted by Gasteiger charge is -2.20. The van der Waals surface area contributed by atoms with Gasteiger partial charge in [0.05, 0.1) is 22.8 Å². The Morgan fingerprint density at radius 3 is 2.83 bits per heavy atom. The highest BCUT2D eigenvalue weighted by Crippen LogP contribution is 2.17. The van der Waals surface area contributed by atoms with Crippen LogP contribution < -0.4 is 0 Å². The Morgan fingerprint density at radius 1 is 1.33 bits per heavy atom. The first kappa shape index (κ1) is 12.6. The Hall–Kier alpha value is -1.90. The molecule has 18 heavy (non-hydrogen) atoms.